The summed E-state index contributed by atoms with van der Waals surface area (Å²) in [6, 6.07) is 0. The van der Waals surface area contributed by atoms with Crippen LogP contribution in [0.5, 0.6) is 0 Å². The van der Waals surface area contributed by atoms with Crippen LogP contribution in [0.3, 0.4) is 0 Å². The fourth-order valence-electron chi connectivity index (χ4n) is 1.25. The quantitative estimate of drug-likeness (QED) is 0.292. The van der Waals surface area contributed by atoms with Crippen molar-refractivity contribution in [1.82, 2.24) is 0 Å². The SMILES string of the molecule is C(OCC1CO1)C1CO1.C=CCOCC1CO1.CC=CC(=O)O. The number of carbonyl (C=O) groups is 1. The highest BCUT2D eigenvalue weighted by Crippen LogP contribution is 2.12. The van der Waals surface area contributed by atoms with E-state index >= 15 is 0 Å². The average molecular weight is 330 g/mol. The molecule has 0 amide bonds. The number of carboxylic acid groups (broad SMARTS) is 1. The van der Waals surface area contributed by atoms with Crippen molar-refractivity contribution in [3.63, 3.8) is 0 Å². The number of rotatable bonds is 9. The van der Waals surface area contributed by atoms with E-state index in [4.69, 9.17) is 28.8 Å². The van der Waals surface area contributed by atoms with Gasteiger partial charge in [-0.2, -0.15) is 0 Å². The molecule has 0 bridgehead atoms. The van der Waals surface area contributed by atoms with E-state index in [9.17, 15) is 4.79 Å². The second-order valence-electron chi connectivity index (χ2n) is 5.07. The van der Waals surface area contributed by atoms with Crippen LogP contribution in [0.2, 0.25) is 0 Å². The summed E-state index contributed by atoms with van der Waals surface area (Å²) in [6.45, 7) is 10.7. The van der Waals surface area contributed by atoms with E-state index in [2.05, 4.69) is 6.58 Å². The van der Waals surface area contributed by atoms with Gasteiger partial charge in [-0.3, -0.25) is 0 Å². The lowest BCUT2D eigenvalue weighted by Gasteiger charge is -1.95. The summed E-state index contributed by atoms with van der Waals surface area (Å²) in [7, 11) is 0. The number of epoxide rings is 3. The van der Waals surface area contributed by atoms with Crippen LogP contribution in [0.15, 0.2) is 24.8 Å². The van der Waals surface area contributed by atoms with E-state index in [1.54, 1.807) is 13.0 Å². The molecule has 3 aliphatic rings. The fourth-order valence-corrected chi connectivity index (χ4v) is 1.25. The van der Waals surface area contributed by atoms with E-state index in [0.29, 0.717) is 24.9 Å². The molecule has 0 aliphatic carbocycles. The number of ether oxygens (including phenoxy) is 5. The van der Waals surface area contributed by atoms with Gasteiger partial charge < -0.3 is 28.8 Å². The van der Waals surface area contributed by atoms with Gasteiger partial charge in [0.25, 0.3) is 0 Å². The number of aliphatic carboxylic acids is 1. The molecule has 3 atom stereocenters. The minimum absolute atomic E-state index is 0.384. The standard InChI is InChI=1S/C6H10O3.C6H10O2.C4H6O2/c1(5-3-8-5)7-2-6-4-9-6;1-2-3-7-4-6-5-8-6;1-2-3-4(5)6/h5-6H,1-4H2;2,6H,1,3-5H2;2-3H,1H3,(H,5,6). The first kappa shape index (κ1) is 19.8. The van der Waals surface area contributed by atoms with Gasteiger partial charge in [-0.15, -0.1) is 6.58 Å². The third kappa shape index (κ3) is 15.4. The number of allylic oxidation sites excluding steroid dienone is 1. The Morgan fingerprint density at radius 1 is 1.09 bits per heavy atom. The molecule has 7 heteroatoms. The molecule has 1 N–H and O–H groups in total. The van der Waals surface area contributed by atoms with Crippen LogP contribution < -0.4 is 0 Å². The molecule has 3 heterocycles. The maximum Gasteiger partial charge on any atom is 0.327 e. The summed E-state index contributed by atoms with van der Waals surface area (Å²) in [5.74, 6) is -0.891. The van der Waals surface area contributed by atoms with Gasteiger partial charge in [-0.05, 0) is 6.92 Å². The first-order valence-electron chi connectivity index (χ1n) is 7.62. The molecular formula is C16H26O7. The Morgan fingerprint density at radius 2 is 1.52 bits per heavy atom. The van der Waals surface area contributed by atoms with Crippen molar-refractivity contribution >= 4 is 5.97 Å². The predicted octanol–water partition coefficient (Wildman–Crippen LogP) is 1.04. The van der Waals surface area contributed by atoms with E-state index in [0.717, 1.165) is 45.7 Å². The summed E-state index contributed by atoms with van der Waals surface area (Å²) in [5.41, 5.74) is 0. The van der Waals surface area contributed by atoms with Crippen LogP contribution in [-0.2, 0) is 28.5 Å². The maximum atomic E-state index is 9.51. The molecule has 3 aliphatic heterocycles. The highest BCUT2D eigenvalue weighted by Gasteiger charge is 2.26. The van der Waals surface area contributed by atoms with Gasteiger partial charge >= 0.3 is 5.97 Å². The van der Waals surface area contributed by atoms with Gasteiger partial charge in [-0.1, -0.05) is 12.2 Å². The van der Waals surface area contributed by atoms with Crippen molar-refractivity contribution in [2.24, 2.45) is 0 Å². The van der Waals surface area contributed by atoms with Crippen LogP contribution in [0.1, 0.15) is 6.92 Å². The Kier molecular flexibility index (Phi) is 10.5. The highest BCUT2D eigenvalue weighted by molar-refractivity contribution is 5.79. The zero-order valence-electron chi connectivity index (χ0n) is 13.5. The second-order valence-corrected chi connectivity index (χ2v) is 5.07. The first-order chi connectivity index (χ1) is 11.2. The van der Waals surface area contributed by atoms with Crippen molar-refractivity contribution in [1.29, 1.82) is 0 Å². The molecule has 0 saturated carbocycles. The molecule has 3 unspecified atom stereocenters. The Morgan fingerprint density at radius 3 is 1.78 bits per heavy atom. The molecule has 0 radical (unpaired) electrons. The van der Waals surface area contributed by atoms with Crippen molar-refractivity contribution < 1.29 is 33.6 Å². The van der Waals surface area contributed by atoms with Crippen molar-refractivity contribution in [2.45, 2.75) is 25.2 Å². The summed E-state index contributed by atoms with van der Waals surface area (Å²) < 4.78 is 25.1. The Bertz CT molecular complexity index is 345. The van der Waals surface area contributed by atoms with E-state index in [-0.39, 0.29) is 0 Å². The Labute approximate surface area is 136 Å². The molecule has 132 valence electrons. The Balaban J connectivity index is 0.000000177. The average Bonchev–Trinajstić information content (AvgIpc) is 3.37. The summed E-state index contributed by atoms with van der Waals surface area (Å²) in [4.78, 5) is 9.51. The largest absolute Gasteiger partial charge is 0.478 e. The minimum Gasteiger partial charge on any atom is -0.478 e. The van der Waals surface area contributed by atoms with Crippen LogP contribution in [0, 0.1) is 0 Å². The summed E-state index contributed by atoms with van der Waals surface area (Å²) >= 11 is 0. The zero-order valence-corrected chi connectivity index (χ0v) is 13.5. The number of carboxylic acids is 1. The van der Waals surface area contributed by atoms with Crippen molar-refractivity contribution in [3.8, 4) is 0 Å². The molecule has 0 aromatic carbocycles. The van der Waals surface area contributed by atoms with Crippen LogP contribution in [0.4, 0.5) is 0 Å². The predicted molar refractivity (Wildman–Crippen MR) is 83.5 cm³/mol. The van der Waals surface area contributed by atoms with Crippen molar-refractivity contribution in [2.75, 3.05) is 46.2 Å². The normalized spacial score (nSPS) is 26.4. The number of hydrogen-bond donors (Lipinski definition) is 1. The lowest BCUT2D eigenvalue weighted by Crippen LogP contribution is -2.06. The molecule has 3 fully saturated rings. The lowest BCUT2D eigenvalue weighted by atomic mass is 10.5. The summed E-state index contributed by atoms with van der Waals surface area (Å²) in [5, 5.41) is 7.83. The van der Waals surface area contributed by atoms with E-state index < -0.39 is 5.97 Å². The van der Waals surface area contributed by atoms with Gasteiger partial charge in [0.1, 0.15) is 18.3 Å². The fraction of sp³-hybridized carbons (Fsp3) is 0.688. The number of hydrogen-bond acceptors (Lipinski definition) is 6. The van der Waals surface area contributed by atoms with E-state index in [1.807, 2.05) is 0 Å². The van der Waals surface area contributed by atoms with Gasteiger partial charge in [0.2, 0.25) is 0 Å². The molecular weight excluding hydrogens is 304 g/mol. The minimum atomic E-state index is -0.891. The van der Waals surface area contributed by atoms with Crippen LogP contribution >= 0.6 is 0 Å². The first-order valence-corrected chi connectivity index (χ1v) is 7.62. The Hall–Kier alpha value is -1.25. The summed E-state index contributed by atoms with van der Waals surface area (Å²) in [6.07, 6.45) is 5.47. The molecule has 7 nitrogen and oxygen atoms in total. The molecule has 0 spiro atoms. The maximum absolute atomic E-state index is 9.51. The zero-order chi connectivity index (χ0) is 16.9. The van der Waals surface area contributed by atoms with Gasteiger partial charge in [0.05, 0.1) is 46.2 Å². The van der Waals surface area contributed by atoms with Crippen LogP contribution in [-0.4, -0.2) is 75.6 Å². The third-order valence-electron chi connectivity index (χ3n) is 2.66. The second kappa shape index (κ2) is 12.2. The highest BCUT2D eigenvalue weighted by atomic mass is 16.6. The molecule has 0 aromatic heterocycles. The molecule has 3 saturated heterocycles. The van der Waals surface area contributed by atoms with Gasteiger partial charge in [0.15, 0.2) is 0 Å². The van der Waals surface area contributed by atoms with Gasteiger partial charge in [0, 0.05) is 6.08 Å². The monoisotopic (exact) mass is 330 g/mol. The van der Waals surface area contributed by atoms with Gasteiger partial charge in [-0.25, -0.2) is 4.79 Å². The van der Waals surface area contributed by atoms with Crippen molar-refractivity contribution in [3.05, 3.63) is 24.8 Å². The topological polar surface area (TPSA) is 93.4 Å². The third-order valence-corrected chi connectivity index (χ3v) is 2.66. The molecule has 0 aromatic rings. The molecule has 3 rings (SSSR count). The molecule has 23 heavy (non-hydrogen) atoms. The van der Waals surface area contributed by atoms with Crippen LogP contribution in [0.25, 0.3) is 0 Å². The lowest BCUT2D eigenvalue weighted by molar-refractivity contribution is -0.131. The smallest absolute Gasteiger partial charge is 0.327 e. The van der Waals surface area contributed by atoms with E-state index in [1.165, 1.54) is 6.08 Å².